The van der Waals surface area contributed by atoms with Crippen LogP contribution < -0.4 is 10.3 Å². The van der Waals surface area contributed by atoms with Gasteiger partial charge in [0.1, 0.15) is 0 Å². The van der Waals surface area contributed by atoms with Crippen molar-refractivity contribution in [2.24, 2.45) is 0 Å². The van der Waals surface area contributed by atoms with E-state index in [0.29, 0.717) is 5.69 Å². The molecule has 0 aliphatic carbocycles. The molecule has 30 heavy (non-hydrogen) atoms. The van der Waals surface area contributed by atoms with E-state index in [1.165, 1.54) is 12.8 Å². The van der Waals surface area contributed by atoms with Crippen LogP contribution in [0.4, 0.5) is 5.69 Å². The average Bonchev–Trinajstić information content (AvgIpc) is 3.24. The van der Waals surface area contributed by atoms with Gasteiger partial charge in [-0.3, -0.25) is 4.79 Å². The number of likely N-dealkylation sites (N-methyl/N-ethyl adjacent to an activating group) is 1. The molecule has 0 saturated carbocycles. The quantitative estimate of drug-likeness (QED) is 0.597. The molecule has 1 atom stereocenters. The zero-order chi connectivity index (χ0) is 21.6. The van der Waals surface area contributed by atoms with E-state index in [4.69, 9.17) is 0 Å². The maximum atomic E-state index is 13.2. The molecule has 1 saturated heterocycles. The first-order valence-corrected chi connectivity index (χ1v) is 12.1. The Morgan fingerprint density at radius 2 is 1.70 bits per heavy atom. The lowest BCUT2D eigenvalue weighted by atomic mass is 10.0. The minimum Gasteiger partial charge on any atom is -0.337 e. The molecule has 7 nitrogen and oxygen atoms in total. The molecule has 0 radical (unpaired) electrons. The Morgan fingerprint density at radius 1 is 1.07 bits per heavy atom. The molecule has 3 rings (SSSR count). The standard InChI is InChI=1S/C22H30N4O3S/c1-25(21(17-26-14-8-9-15-26)18-10-4-3-5-11-18)22(27)16-19-12-6-7-13-20(19)23-24-30(2,28)29/h3-7,10-13,21,23-24H,8-9,14-17H2,1-2H3/t21-/m0/s1. The van der Waals surface area contributed by atoms with Gasteiger partial charge in [0.15, 0.2) is 0 Å². The molecule has 1 amide bonds. The first kappa shape index (κ1) is 22.3. The van der Waals surface area contributed by atoms with Crippen LogP contribution in [-0.4, -0.2) is 57.1 Å². The van der Waals surface area contributed by atoms with E-state index in [1.54, 1.807) is 12.1 Å². The van der Waals surface area contributed by atoms with Gasteiger partial charge in [-0.25, -0.2) is 8.42 Å². The predicted octanol–water partition coefficient (Wildman–Crippen LogP) is 2.40. The van der Waals surface area contributed by atoms with E-state index in [2.05, 4.69) is 27.3 Å². The summed E-state index contributed by atoms with van der Waals surface area (Å²) >= 11 is 0. The number of likely N-dealkylation sites (tertiary alicyclic amines) is 1. The van der Waals surface area contributed by atoms with Gasteiger partial charge in [-0.2, -0.15) is 0 Å². The van der Waals surface area contributed by atoms with E-state index in [0.717, 1.165) is 37.0 Å². The largest absolute Gasteiger partial charge is 0.337 e. The summed E-state index contributed by atoms with van der Waals surface area (Å²) in [6, 6.07) is 17.3. The molecule has 0 unspecified atom stereocenters. The van der Waals surface area contributed by atoms with Crippen LogP contribution in [-0.2, 0) is 21.2 Å². The Labute approximate surface area is 179 Å². The summed E-state index contributed by atoms with van der Waals surface area (Å²) in [6.07, 6.45) is 3.65. The minimum atomic E-state index is -3.41. The fourth-order valence-corrected chi connectivity index (χ4v) is 4.04. The van der Waals surface area contributed by atoms with Crippen LogP contribution in [0.15, 0.2) is 54.6 Å². The average molecular weight is 431 g/mol. The van der Waals surface area contributed by atoms with Crippen LogP contribution in [0.25, 0.3) is 0 Å². The fourth-order valence-electron chi connectivity index (χ4n) is 3.74. The summed E-state index contributed by atoms with van der Waals surface area (Å²) in [5, 5.41) is 0. The first-order valence-electron chi connectivity index (χ1n) is 10.2. The van der Waals surface area contributed by atoms with E-state index < -0.39 is 10.0 Å². The maximum Gasteiger partial charge on any atom is 0.227 e. The molecule has 0 aromatic heterocycles. The zero-order valence-corrected chi connectivity index (χ0v) is 18.4. The van der Waals surface area contributed by atoms with Crippen molar-refractivity contribution >= 4 is 21.6 Å². The summed E-state index contributed by atoms with van der Waals surface area (Å²) in [6.45, 7) is 2.94. The monoisotopic (exact) mass is 430 g/mol. The van der Waals surface area contributed by atoms with Gasteiger partial charge in [0.25, 0.3) is 0 Å². The second kappa shape index (κ2) is 10.1. The molecular formula is C22H30N4O3S. The van der Waals surface area contributed by atoms with Crippen LogP contribution in [0.5, 0.6) is 0 Å². The fraction of sp³-hybridized carbons (Fsp3) is 0.409. The summed E-state index contributed by atoms with van der Waals surface area (Å²) in [7, 11) is -1.56. The summed E-state index contributed by atoms with van der Waals surface area (Å²) in [5.74, 6) is -0.0170. The van der Waals surface area contributed by atoms with Crippen molar-refractivity contribution in [3.8, 4) is 0 Å². The van der Waals surface area contributed by atoms with E-state index >= 15 is 0 Å². The SMILES string of the molecule is CN(C(=O)Cc1ccccc1NNS(C)(=O)=O)[C@@H](CN1CCCC1)c1ccccc1. The number of nitrogens with one attached hydrogen (secondary N) is 2. The summed E-state index contributed by atoms with van der Waals surface area (Å²) < 4.78 is 22.8. The number of nitrogens with zero attached hydrogens (tertiary/aromatic N) is 2. The molecule has 1 fully saturated rings. The van der Waals surface area contributed by atoms with Gasteiger partial charge in [0.05, 0.1) is 24.4 Å². The Hall–Kier alpha value is -2.42. The molecule has 162 valence electrons. The second-order valence-electron chi connectivity index (χ2n) is 7.77. The number of anilines is 1. The third kappa shape index (κ3) is 6.29. The van der Waals surface area contributed by atoms with Crippen LogP contribution in [0, 0.1) is 0 Å². The van der Waals surface area contributed by atoms with Gasteiger partial charge in [0.2, 0.25) is 15.9 Å². The lowest BCUT2D eigenvalue weighted by molar-refractivity contribution is -0.131. The maximum absolute atomic E-state index is 13.2. The molecule has 0 bridgehead atoms. The van der Waals surface area contributed by atoms with Gasteiger partial charge >= 0.3 is 0 Å². The smallest absolute Gasteiger partial charge is 0.227 e. The van der Waals surface area contributed by atoms with Crippen molar-refractivity contribution < 1.29 is 13.2 Å². The lowest BCUT2D eigenvalue weighted by Gasteiger charge is -2.32. The zero-order valence-electron chi connectivity index (χ0n) is 17.5. The highest BCUT2D eigenvalue weighted by atomic mass is 32.2. The molecule has 1 aliphatic heterocycles. The van der Waals surface area contributed by atoms with Gasteiger partial charge < -0.3 is 15.2 Å². The number of hydrogen-bond acceptors (Lipinski definition) is 5. The third-order valence-electron chi connectivity index (χ3n) is 5.41. The first-order chi connectivity index (χ1) is 14.3. The topological polar surface area (TPSA) is 81.8 Å². The Bertz CT molecular complexity index is 944. The van der Waals surface area contributed by atoms with Crippen molar-refractivity contribution in [1.82, 2.24) is 14.6 Å². The minimum absolute atomic E-state index is 0.0170. The number of sulfonamides is 1. The van der Waals surface area contributed by atoms with Gasteiger partial charge in [-0.05, 0) is 43.1 Å². The van der Waals surface area contributed by atoms with Crippen LogP contribution >= 0.6 is 0 Å². The predicted molar refractivity (Wildman–Crippen MR) is 119 cm³/mol. The Kier molecular flexibility index (Phi) is 7.47. The molecule has 2 aromatic carbocycles. The van der Waals surface area contributed by atoms with E-state index in [9.17, 15) is 13.2 Å². The number of carbonyl (C=O) groups excluding carboxylic acids is 1. The molecular weight excluding hydrogens is 400 g/mol. The Balaban J connectivity index is 1.75. The third-order valence-corrected chi connectivity index (χ3v) is 5.88. The van der Waals surface area contributed by atoms with Gasteiger partial charge in [-0.15, -0.1) is 4.83 Å². The number of hydrogen-bond donors (Lipinski definition) is 2. The number of carbonyl (C=O) groups is 1. The molecule has 0 spiro atoms. The van der Waals surface area contributed by atoms with Gasteiger partial charge in [0, 0.05) is 13.6 Å². The molecule has 2 N–H and O–H groups in total. The highest BCUT2D eigenvalue weighted by molar-refractivity contribution is 7.88. The van der Waals surface area contributed by atoms with Crippen molar-refractivity contribution in [3.05, 3.63) is 65.7 Å². The molecule has 1 aliphatic rings. The van der Waals surface area contributed by atoms with Crippen molar-refractivity contribution in [2.75, 3.05) is 38.4 Å². The van der Waals surface area contributed by atoms with Crippen molar-refractivity contribution in [2.45, 2.75) is 25.3 Å². The molecule has 8 heteroatoms. The normalized spacial score (nSPS) is 15.7. The summed E-state index contributed by atoms with van der Waals surface area (Å²) in [4.78, 5) is 19.7. The highest BCUT2D eigenvalue weighted by Gasteiger charge is 2.26. The van der Waals surface area contributed by atoms with E-state index in [1.807, 2.05) is 42.3 Å². The van der Waals surface area contributed by atoms with Crippen molar-refractivity contribution in [1.29, 1.82) is 0 Å². The molecule has 1 heterocycles. The highest BCUT2D eigenvalue weighted by Crippen LogP contribution is 2.24. The van der Waals surface area contributed by atoms with Crippen molar-refractivity contribution in [3.63, 3.8) is 0 Å². The summed E-state index contributed by atoms with van der Waals surface area (Å²) in [5.41, 5.74) is 5.12. The number of rotatable bonds is 9. The van der Waals surface area contributed by atoms with Gasteiger partial charge in [-0.1, -0.05) is 48.5 Å². The van der Waals surface area contributed by atoms with Crippen LogP contribution in [0.1, 0.15) is 30.0 Å². The second-order valence-corrected chi connectivity index (χ2v) is 9.52. The van der Waals surface area contributed by atoms with Crippen LogP contribution in [0.3, 0.4) is 0 Å². The number of benzene rings is 2. The van der Waals surface area contributed by atoms with E-state index in [-0.39, 0.29) is 18.4 Å². The molecule has 2 aromatic rings. The lowest BCUT2D eigenvalue weighted by Crippen LogP contribution is -2.39. The number of para-hydroxylation sites is 1. The Morgan fingerprint density at radius 3 is 2.37 bits per heavy atom. The number of amides is 1. The number of hydrazine groups is 1. The van der Waals surface area contributed by atoms with Crippen LogP contribution in [0.2, 0.25) is 0 Å².